The molecule has 5 aromatic rings. The predicted molar refractivity (Wildman–Crippen MR) is 115 cm³/mol. The van der Waals surface area contributed by atoms with Crippen molar-refractivity contribution in [1.82, 2.24) is 24.7 Å². The second-order valence-corrected chi connectivity index (χ2v) is 6.93. The quantitative estimate of drug-likeness (QED) is 0.469. The molecule has 4 heterocycles. The smallest absolute Gasteiger partial charge is 0.258 e. The van der Waals surface area contributed by atoms with Crippen LogP contribution in [-0.2, 0) is 6.54 Å². The third-order valence-electron chi connectivity index (χ3n) is 4.86. The first-order valence-electron chi connectivity index (χ1n) is 9.51. The standard InChI is InChI=1S/C23H18N6O/c30-23(19-12-27-29(15-19)14-16-5-2-1-3-6-16)28-21-13-26-22-20(21)9-18(11-25-22)17-7-4-8-24-10-17/h1-13,15H,14H2,(H,25,26)(H,28,30). The Bertz CT molecular complexity index is 1310. The average molecular weight is 394 g/mol. The van der Waals surface area contributed by atoms with Crippen LogP contribution in [-0.4, -0.2) is 30.6 Å². The summed E-state index contributed by atoms with van der Waals surface area (Å²) in [5.41, 5.74) is 4.89. The summed E-state index contributed by atoms with van der Waals surface area (Å²) in [5.74, 6) is -0.220. The fourth-order valence-electron chi connectivity index (χ4n) is 3.33. The fraction of sp³-hybridized carbons (Fsp3) is 0.0435. The average Bonchev–Trinajstić information content (AvgIpc) is 3.42. The van der Waals surface area contributed by atoms with Crippen molar-refractivity contribution in [2.24, 2.45) is 0 Å². The second kappa shape index (κ2) is 7.63. The number of fused-ring (bicyclic) bond motifs is 1. The summed E-state index contributed by atoms with van der Waals surface area (Å²) in [6.45, 7) is 0.611. The van der Waals surface area contributed by atoms with Gasteiger partial charge >= 0.3 is 0 Å². The molecule has 0 radical (unpaired) electrons. The lowest BCUT2D eigenvalue weighted by atomic mass is 10.1. The largest absolute Gasteiger partial charge is 0.344 e. The van der Waals surface area contributed by atoms with E-state index in [1.807, 2.05) is 48.5 Å². The van der Waals surface area contributed by atoms with Gasteiger partial charge in [0.25, 0.3) is 5.91 Å². The third-order valence-corrected chi connectivity index (χ3v) is 4.86. The lowest BCUT2D eigenvalue weighted by molar-refractivity contribution is 0.102. The molecule has 146 valence electrons. The highest BCUT2D eigenvalue weighted by atomic mass is 16.1. The Morgan fingerprint density at radius 1 is 1.03 bits per heavy atom. The van der Waals surface area contributed by atoms with Gasteiger partial charge in [-0.3, -0.25) is 14.5 Å². The van der Waals surface area contributed by atoms with Gasteiger partial charge in [0.15, 0.2) is 0 Å². The number of nitrogens with zero attached hydrogens (tertiary/aromatic N) is 4. The van der Waals surface area contributed by atoms with E-state index >= 15 is 0 Å². The van der Waals surface area contributed by atoms with Crippen LogP contribution in [0.3, 0.4) is 0 Å². The number of aromatic amines is 1. The van der Waals surface area contributed by atoms with Crippen molar-refractivity contribution in [2.75, 3.05) is 5.32 Å². The van der Waals surface area contributed by atoms with Gasteiger partial charge < -0.3 is 10.3 Å². The summed E-state index contributed by atoms with van der Waals surface area (Å²) in [4.78, 5) is 24.5. The number of aromatic nitrogens is 5. The van der Waals surface area contributed by atoms with Crippen molar-refractivity contribution < 1.29 is 4.79 Å². The maximum Gasteiger partial charge on any atom is 0.258 e. The molecule has 30 heavy (non-hydrogen) atoms. The summed E-state index contributed by atoms with van der Waals surface area (Å²) in [5, 5.41) is 8.10. The lowest BCUT2D eigenvalue weighted by Crippen LogP contribution is -2.11. The van der Waals surface area contributed by atoms with Gasteiger partial charge in [0.1, 0.15) is 5.65 Å². The number of pyridine rings is 2. The zero-order valence-electron chi connectivity index (χ0n) is 16.0. The molecule has 0 fully saturated rings. The molecule has 2 N–H and O–H groups in total. The number of benzene rings is 1. The van der Waals surface area contributed by atoms with E-state index in [4.69, 9.17) is 0 Å². The van der Waals surface area contributed by atoms with Crippen molar-refractivity contribution in [3.05, 3.63) is 96.8 Å². The molecule has 5 rings (SSSR count). The molecule has 0 aliphatic carbocycles. The summed E-state index contributed by atoms with van der Waals surface area (Å²) in [6, 6.07) is 15.8. The number of rotatable bonds is 5. The van der Waals surface area contributed by atoms with Gasteiger partial charge in [0.05, 0.1) is 24.0 Å². The van der Waals surface area contributed by atoms with Crippen LogP contribution in [0.15, 0.2) is 85.7 Å². The van der Waals surface area contributed by atoms with Gasteiger partial charge in [-0.25, -0.2) is 4.98 Å². The Balaban J connectivity index is 1.37. The predicted octanol–water partition coefficient (Wildman–Crippen LogP) is 4.12. The molecule has 7 nitrogen and oxygen atoms in total. The van der Waals surface area contributed by atoms with Crippen molar-refractivity contribution in [2.45, 2.75) is 6.54 Å². The molecule has 0 bridgehead atoms. The van der Waals surface area contributed by atoms with Crippen LogP contribution in [0, 0.1) is 0 Å². The lowest BCUT2D eigenvalue weighted by Gasteiger charge is -2.04. The van der Waals surface area contributed by atoms with Gasteiger partial charge in [-0.2, -0.15) is 5.10 Å². The van der Waals surface area contributed by atoms with Crippen molar-refractivity contribution >= 4 is 22.6 Å². The van der Waals surface area contributed by atoms with E-state index in [9.17, 15) is 4.79 Å². The van der Waals surface area contributed by atoms with E-state index in [-0.39, 0.29) is 5.91 Å². The van der Waals surface area contributed by atoms with E-state index in [1.165, 1.54) is 0 Å². The first kappa shape index (κ1) is 17.8. The number of carbonyl (C=O) groups is 1. The molecule has 0 saturated carbocycles. The normalized spacial score (nSPS) is 10.9. The Morgan fingerprint density at radius 2 is 1.93 bits per heavy atom. The van der Waals surface area contributed by atoms with Crippen LogP contribution < -0.4 is 5.32 Å². The number of nitrogens with one attached hydrogen (secondary N) is 2. The molecule has 0 aliphatic heterocycles. The van der Waals surface area contributed by atoms with Gasteiger partial charge in [-0.05, 0) is 17.7 Å². The summed E-state index contributed by atoms with van der Waals surface area (Å²) in [7, 11) is 0. The first-order valence-corrected chi connectivity index (χ1v) is 9.51. The van der Waals surface area contributed by atoms with E-state index < -0.39 is 0 Å². The van der Waals surface area contributed by atoms with Crippen LogP contribution in [0.5, 0.6) is 0 Å². The molecule has 0 spiro atoms. The van der Waals surface area contributed by atoms with Gasteiger partial charge in [0, 0.05) is 47.5 Å². The highest BCUT2D eigenvalue weighted by molar-refractivity contribution is 6.08. The van der Waals surface area contributed by atoms with Crippen molar-refractivity contribution in [1.29, 1.82) is 0 Å². The molecular weight excluding hydrogens is 376 g/mol. The summed E-state index contributed by atoms with van der Waals surface area (Å²) in [6.07, 6.45) is 10.4. The molecule has 1 amide bonds. The Labute approximate surface area is 172 Å². The molecule has 7 heteroatoms. The maximum absolute atomic E-state index is 12.8. The van der Waals surface area contributed by atoms with Gasteiger partial charge in [-0.1, -0.05) is 36.4 Å². The monoisotopic (exact) mass is 394 g/mol. The molecule has 0 atom stereocenters. The molecule has 4 aromatic heterocycles. The molecule has 0 aliphatic rings. The molecule has 0 unspecified atom stereocenters. The summed E-state index contributed by atoms with van der Waals surface area (Å²) < 4.78 is 1.75. The van der Waals surface area contributed by atoms with Crippen LogP contribution in [0.2, 0.25) is 0 Å². The minimum Gasteiger partial charge on any atom is -0.344 e. The van der Waals surface area contributed by atoms with Crippen LogP contribution in [0.1, 0.15) is 15.9 Å². The highest BCUT2D eigenvalue weighted by Crippen LogP contribution is 2.27. The molecule has 1 aromatic carbocycles. The molecular formula is C23H18N6O. The van der Waals surface area contributed by atoms with E-state index in [2.05, 4.69) is 25.4 Å². The topological polar surface area (TPSA) is 88.5 Å². The van der Waals surface area contributed by atoms with Crippen molar-refractivity contribution in [3.63, 3.8) is 0 Å². The van der Waals surface area contributed by atoms with E-state index in [1.54, 1.807) is 41.9 Å². The summed E-state index contributed by atoms with van der Waals surface area (Å²) >= 11 is 0. The zero-order valence-corrected chi connectivity index (χ0v) is 16.0. The Hall–Kier alpha value is -4.26. The van der Waals surface area contributed by atoms with Crippen LogP contribution in [0.25, 0.3) is 22.2 Å². The van der Waals surface area contributed by atoms with Gasteiger partial charge in [-0.15, -0.1) is 0 Å². The third kappa shape index (κ3) is 3.56. The molecule has 0 saturated heterocycles. The van der Waals surface area contributed by atoms with Crippen LogP contribution in [0.4, 0.5) is 5.69 Å². The Morgan fingerprint density at radius 3 is 2.77 bits per heavy atom. The van der Waals surface area contributed by atoms with E-state index in [0.717, 1.165) is 22.1 Å². The zero-order chi connectivity index (χ0) is 20.3. The number of hydrogen-bond acceptors (Lipinski definition) is 4. The minimum absolute atomic E-state index is 0.220. The van der Waals surface area contributed by atoms with Crippen LogP contribution >= 0.6 is 0 Å². The number of amides is 1. The second-order valence-electron chi connectivity index (χ2n) is 6.93. The minimum atomic E-state index is -0.220. The first-order chi connectivity index (χ1) is 14.8. The number of carbonyl (C=O) groups excluding carboxylic acids is 1. The van der Waals surface area contributed by atoms with E-state index in [0.29, 0.717) is 23.4 Å². The highest BCUT2D eigenvalue weighted by Gasteiger charge is 2.13. The fourth-order valence-corrected chi connectivity index (χ4v) is 3.33. The van der Waals surface area contributed by atoms with Crippen molar-refractivity contribution in [3.8, 4) is 11.1 Å². The SMILES string of the molecule is O=C(Nc1c[nH]c2ncc(-c3cccnc3)cc12)c1cnn(Cc2ccccc2)c1. The number of H-pyrrole nitrogens is 1. The number of hydrogen-bond donors (Lipinski definition) is 2. The van der Waals surface area contributed by atoms with Gasteiger partial charge in [0.2, 0.25) is 0 Å². The Kier molecular flexibility index (Phi) is 4.53. The number of anilines is 1. The maximum atomic E-state index is 12.8.